The summed E-state index contributed by atoms with van der Waals surface area (Å²) in [7, 11) is 0. The number of nitrogens with zero attached hydrogens (tertiary/aromatic N) is 1. The molecule has 0 radical (unpaired) electrons. The maximum absolute atomic E-state index is 12.9. The van der Waals surface area contributed by atoms with Gasteiger partial charge in [-0.3, -0.25) is 9.78 Å². The van der Waals surface area contributed by atoms with E-state index in [1.54, 1.807) is 24.3 Å². The Morgan fingerprint density at radius 3 is 2.86 bits per heavy atom. The van der Waals surface area contributed by atoms with Gasteiger partial charge in [-0.1, -0.05) is 6.07 Å². The molecule has 0 saturated carbocycles. The van der Waals surface area contributed by atoms with Crippen LogP contribution in [0.2, 0.25) is 0 Å². The van der Waals surface area contributed by atoms with Crippen molar-refractivity contribution < 1.29 is 14.3 Å². The predicted octanol–water partition coefficient (Wildman–Crippen LogP) is 2.12. The quantitative estimate of drug-likeness (QED) is 0.764. The zero-order valence-corrected chi connectivity index (χ0v) is 12.2. The van der Waals surface area contributed by atoms with E-state index < -0.39 is 0 Å². The molecule has 0 aliphatic rings. The highest BCUT2D eigenvalue weighted by Gasteiger charge is 2.09. The summed E-state index contributed by atoms with van der Waals surface area (Å²) >= 11 is 0. The van der Waals surface area contributed by atoms with Gasteiger partial charge in [0.2, 0.25) is 0 Å². The number of pyridine rings is 1. The van der Waals surface area contributed by atoms with Crippen LogP contribution in [0.4, 0.5) is 10.1 Å². The zero-order chi connectivity index (χ0) is 15.9. The first-order chi connectivity index (χ1) is 10.6. The molecule has 2 rings (SSSR count). The number of aromatic nitrogens is 1. The van der Waals surface area contributed by atoms with E-state index >= 15 is 0 Å². The van der Waals surface area contributed by atoms with Crippen LogP contribution in [0, 0.1) is 5.82 Å². The molecule has 0 spiro atoms. The summed E-state index contributed by atoms with van der Waals surface area (Å²) in [5.41, 5.74) is 1.96. The Kier molecular flexibility index (Phi) is 5.43. The number of nitrogens with one attached hydrogen (secondary N) is 2. The highest BCUT2D eigenvalue weighted by atomic mass is 19.1. The minimum absolute atomic E-state index is 0.100. The highest BCUT2D eigenvalue weighted by Crippen LogP contribution is 2.18. The van der Waals surface area contributed by atoms with Crippen molar-refractivity contribution >= 4 is 11.6 Å². The van der Waals surface area contributed by atoms with Crippen molar-refractivity contribution in [3.05, 3.63) is 59.7 Å². The monoisotopic (exact) mass is 303 g/mol. The summed E-state index contributed by atoms with van der Waals surface area (Å²) in [6.07, 6.45) is 1.17. The minimum Gasteiger partial charge on any atom is -0.395 e. The molecule has 5 nitrogen and oxygen atoms in total. The van der Waals surface area contributed by atoms with Crippen molar-refractivity contribution in [3.8, 4) is 0 Å². The molecular weight excluding hydrogens is 285 g/mol. The van der Waals surface area contributed by atoms with Crippen molar-refractivity contribution in [2.24, 2.45) is 0 Å². The van der Waals surface area contributed by atoms with Crippen molar-refractivity contribution in [2.75, 3.05) is 18.5 Å². The summed E-state index contributed by atoms with van der Waals surface area (Å²) in [6, 6.07) is 9.86. The first-order valence-electron chi connectivity index (χ1n) is 6.97. The van der Waals surface area contributed by atoms with Gasteiger partial charge in [0.1, 0.15) is 5.82 Å². The average Bonchev–Trinajstić information content (AvgIpc) is 2.53. The number of halogens is 1. The number of anilines is 1. The first kappa shape index (κ1) is 15.9. The van der Waals surface area contributed by atoms with E-state index in [-0.39, 0.29) is 30.9 Å². The molecule has 2 aromatic rings. The fourth-order valence-electron chi connectivity index (χ4n) is 1.99. The summed E-state index contributed by atoms with van der Waals surface area (Å²) < 4.78 is 12.9. The van der Waals surface area contributed by atoms with E-state index in [1.165, 1.54) is 12.3 Å². The fourth-order valence-corrected chi connectivity index (χ4v) is 1.99. The number of carbonyl (C=O) groups excluding carboxylic acids is 1. The van der Waals surface area contributed by atoms with Gasteiger partial charge in [0.05, 0.1) is 24.5 Å². The topological polar surface area (TPSA) is 74.2 Å². The van der Waals surface area contributed by atoms with E-state index in [0.29, 0.717) is 11.3 Å². The second-order valence-electron chi connectivity index (χ2n) is 4.83. The molecule has 1 unspecified atom stereocenters. The van der Waals surface area contributed by atoms with E-state index in [1.807, 2.05) is 13.0 Å². The van der Waals surface area contributed by atoms with Gasteiger partial charge in [0, 0.05) is 17.8 Å². The van der Waals surface area contributed by atoms with E-state index in [0.717, 1.165) is 5.69 Å². The lowest BCUT2D eigenvalue weighted by Gasteiger charge is -2.15. The number of rotatable bonds is 6. The van der Waals surface area contributed by atoms with Crippen molar-refractivity contribution in [2.45, 2.75) is 13.0 Å². The molecule has 0 aliphatic carbocycles. The molecule has 1 amide bonds. The van der Waals surface area contributed by atoms with Crippen LogP contribution < -0.4 is 10.6 Å². The van der Waals surface area contributed by atoms with Crippen LogP contribution in [0.25, 0.3) is 0 Å². The van der Waals surface area contributed by atoms with Crippen LogP contribution in [0.1, 0.15) is 29.0 Å². The third-order valence-corrected chi connectivity index (χ3v) is 3.10. The molecule has 0 aliphatic heterocycles. The van der Waals surface area contributed by atoms with E-state index in [2.05, 4.69) is 15.6 Å². The van der Waals surface area contributed by atoms with E-state index in [4.69, 9.17) is 5.11 Å². The number of benzene rings is 1. The molecule has 1 aromatic carbocycles. The Hall–Kier alpha value is -2.47. The van der Waals surface area contributed by atoms with Crippen LogP contribution in [-0.4, -0.2) is 29.1 Å². The zero-order valence-electron chi connectivity index (χ0n) is 12.2. The van der Waals surface area contributed by atoms with E-state index in [9.17, 15) is 9.18 Å². The molecule has 0 bridgehead atoms. The number of aliphatic hydroxyl groups excluding tert-OH is 1. The Bertz CT molecular complexity index is 632. The standard InChI is InChI=1S/C16H18FN3O2/c1-11(15-6-5-13(17)10-19-15)20-14-4-2-3-12(9-14)16(22)18-7-8-21/h2-6,9-11,20-21H,7-8H2,1H3,(H,18,22). The van der Waals surface area contributed by atoms with Crippen LogP contribution in [0.3, 0.4) is 0 Å². The van der Waals surface area contributed by atoms with Gasteiger partial charge in [0.25, 0.3) is 5.91 Å². The van der Waals surface area contributed by atoms with Crippen molar-refractivity contribution in [3.63, 3.8) is 0 Å². The van der Waals surface area contributed by atoms with Gasteiger partial charge in [-0.15, -0.1) is 0 Å². The van der Waals surface area contributed by atoms with Crippen LogP contribution >= 0.6 is 0 Å². The van der Waals surface area contributed by atoms with Gasteiger partial charge in [-0.25, -0.2) is 4.39 Å². The molecule has 0 fully saturated rings. The Morgan fingerprint density at radius 2 is 2.18 bits per heavy atom. The van der Waals surface area contributed by atoms with Crippen LogP contribution in [-0.2, 0) is 0 Å². The summed E-state index contributed by atoms with van der Waals surface area (Å²) in [5, 5.41) is 14.5. The van der Waals surface area contributed by atoms with Crippen molar-refractivity contribution in [1.29, 1.82) is 0 Å². The van der Waals surface area contributed by atoms with Gasteiger partial charge in [-0.05, 0) is 37.3 Å². The largest absolute Gasteiger partial charge is 0.395 e. The number of hydrogen-bond acceptors (Lipinski definition) is 4. The van der Waals surface area contributed by atoms with Crippen LogP contribution in [0.5, 0.6) is 0 Å². The summed E-state index contributed by atoms with van der Waals surface area (Å²) in [5.74, 6) is -0.622. The number of amides is 1. The second kappa shape index (κ2) is 7.51. The smallest absolute Gasteiger partial charge is 0.251 e. The average molecular weight is 303 g/mol. The highest BCUT2D eigenvalue weighted by molar-refractivity contribution is 5.95. The Morgan fingerprint density at radius 1 is 1.36 bits per heavy atom. The Balaban J connectivity index is 2.06. The predicted molar refractivity (Wildman–Crippen MR) is 82.1 cm³/mol. The Labute approximate surface area is 128 Å². The third-order valence-electron chi connectivity index (χ3n) is 3.10. The molecule has 3 N–H and O–H groups in total. The minimum atomic E-state index is -0.376. The maximum Gasteiger partial charge on any atom is 0.251 e. The van der Waals surface area contributed by atoms with Gasteiger partial charge in [-0.2, -0.15) is 0 Å². The number of aliphatic hydroxyl groups is 1. The first-order valence-corrected chi connectivity index (χ1v) is 6.97. The molecule has 116 valence electrons. The summed E-state index contributed by atoms with van der Waals surface area (Å²) in [4.78, 5) is 15.9. The molecule has 1 atom stereocenters. The number of carbonyl (C=O) groups is 1. The maximum atomic E-state index is 12.9. The molecular formula is C16H18FN3O2. The van der Waals surface area contributed by atoms with Gasteiger partial charge >= 0.3 is 0 Å². The SMILES string of the molecule is CC(Nc1cccc(C(=O)NCCO)c1)c1ccc(F)cn1. The molecule has 22 heavy (non-hydrogen) atoms. The third kappa shape index (κ3) is 4.26. The lowest BCUT2D eigenvalue weighted by Crippen LogP contribution is -2.26. The molecule has 1 aromatic heterocycles. The van der Waals surface area contributed by atoms with Gasteiger partial charge in [0.15, 0.2) is 0 Å². The second-order valence-corrected chi connectivity index (χ2v) is 4.83. The molecule has 1 heterocycles. The molecule has 6 heteroatoms. The van der Waals surface area contributed by atoms with Gasteiger partial charge < -0.3 is 15.7 Å². The fraction of sp³-hybridized carbons (Fsp3) is 0.250. The lowest BCUT2D eigenvalue weighted by molar-refractivity contribution is 0.0945. The normalized spacial score (nSPS) is 11.8. The molecule has 0 saturated heterocycles. The lowest BCUT2D eigenvalue weighted by atomic mass is 10.1. The summed E-state index contributed by atoms with van der Waals surface area (Å²) in [6.45, 7) is 2.02. The van der Waals surface area contributed by atoms with Crippen molar-refractivity contribution in [1.82, 2.24) is 10.3 Å². The number of hydrogen-bond donors (Lipinski definition) is 3. The van der Waals surface area contributed by atoms with Crippen LogP contribution in [0.15, 0.2) is 42.6 Å².